The van der Waals surface area contributed by atoms with Crippen LogP contribution in [0.4, 0.5) is 0 Å². The van der Waals surface area contributed by atoms with E-state index >= 15 is 0 Å². The third-order valence-corrected chi connectivity index (χ3v) is 4.81. The first-order chi connectivity index (χ1) is 10.7. The van der Waals surface area contributed by atoms with E-state index in [0.717, 1.165) is 22.8 Å². The van der Waals surface area contributed by atoms with Crippen LogP contribution in [0.5, 0.6) is 5.75 Å². The van der Waals surface area contributed by atoms with Gasteiger partial charge in [-0.15, -0.1) is 0 Å². The highest BCUT2D eigenvalue weighted by Gasteiger charge is 2.19. The molecule has 1 aliphatic heterocycles. The first kappa shape index (κ1) is 15.2. The highest BCUT2D eigenvalue weighted by atomic mass is 35.5. The van der Waals surface area contributed by atoms with E-state index in [0.29, 0.717) is 16.7 Å². The Morgan fingerprint density at radius 3 is 2.36 bits per heavy atom. The molecule has 0 aliphatic carbocycles. The van der Waals surface area contributed by atoms with Gasteiger partial charge in [-0.25, -0.2) is 0 Å². The number of rotatable bonds is 5. The van der Waals surface area contributed by atoms with E-state index in [1.807, 2.05) is 36.0 Å². The molecule has 3 rings (SSSR count). The molecule has 1 heterocycles. The fourth-order valence-electron chi connectivity index (χ4n) is 2.01. The lowest BCUT2D eigenvalue weighted by Crippen LogP contribution is -2.30. The molecule has 4 heteroatoms. The number of carbonyl (C=O) groups is 1. The standard InChI is InChI=1S/C18H15ClO2S/c19-15-6-4-14(5-7-15)18(20)10-3-13-1-8-16(9-2-13)21-17-11-22-12-17/h1-10,17H,11-12H2. The fourth-order valence-corrected chi connectivity index (χ4v) is 2.70. The minimum absolute atomic E-state index is 0.0384. The van der Waals surface area contributed by atoms with Gasteiger partial charge in [0.05, 0.1) is 0 Å². The molecule has 0 saturated carbocycles. The Hall–Kier alpha value is -1.71. The highest BCUT2D eigenvalue weighted by Crippen LogP contribution is 2.24. The van der Waals surface area contributed by atoms with E-state index in [4.69, 9.17) is 16.3 Å². The van der Waals surface area contributed by atoms with E-state index < -0.39 is 0 Å². The minimum atomic E-state index is -0.0384. The van der Waals surface area contributed by atoms with Crippen LogP contribution in [0.2, 0.25) is 5.02 Å². The molecule has 0 bridgehead atoms. The SMILES string of the molecule is O=C(C=Cc1ccc(OC2CSC2)cc1)c1ccc(Cl)cc1. The summed E-state index contributed by atoms with van der Waals surface area (Å²) in [7, 11) is 0. The molecule has 0 radical (unpaired) electrons. The first-order valence-electron chi connectivity index (χ1n) is 7.03. The molecule has 2 aromatic rings. The molecule has 2 nitrogen and oxygen atoms in total. The van der Waals surface area contributed by atoms with Gasteiger partial charge in [0, 0.05) is 22.1 Å². The van der Waals surface area contributed by atoms with Crippen molar-refractivity contribution in [3.05, 3.63) is 70.8 Å². The molecule has 0 unspecified atom stereocenters. The summed E-state index contributed by atoms with van der Waals surface area (Å²) < 4.78 is 5.79. The van der Waals surface area contributed by atoms with Gasteiger partial charge >= 0.3 is 0 Å². The average molecular weight is 331 g/mol. The first-order valence-corrected chi connectivity index (χ1v) is 8.56. The van der Waals surface area contributed by atoms with Crippen molar-refractivity contribution in [2.24, 2.45) is 0 Å². The number of carbonyl (C=O) groups excluding carboxylic acids is 1. The van der Waals surface area contributed by atoms with E-state index in [1.54, 1.807) is 36.4 Å². The van der Waals surface area contributed by atoms with Crippen molar-refractivity contribution >= 4 is 35.2 Å². The van der Waals surface area contributed by atoms with Gasteiger partial charge in [0.1, 0.15) is 11.9 Å². The number of ketones is 1. The van der Waals surface area contributed by atoms with Crippen LogP contribution in [0.1, 0.15) is 15.9 Å². The quantitative estimate of drug-likeness (QED) is 0.585. The van der Waals surface area contributed by atoms with Crippen molar-refractivity contribution in [3.8, 4) is 5.75 Å². The summed E-state index contributed by atoms with van der Waals surface area (Å²) in [5.41, 5.74) is 1.60. The predicted molar refractivity (Wildman–Crippen MR) is 93.0 cm³/mol. The summed E-state index contributed by atoms with van der Waals surface area (Å²) >= 11 is 7.71. The Morgan fingerprint density at radius 1 is 1.09 bits per heavy atom. The Kier molecular flexibility index (Phi) is 4.86. The van der Waals surface area contributed by atoms with Crippen LogP contribution in [0.3, 0.4) is 0 Å². The number of thioether (sulfide) groups is 1. The monoisotopic (exact) mass is 330 g/mol. The molecule has 0 spiro atoms. The summed E-state index contributed by atoms with van der Waals surface area (Å²) in [6, 6.07) is 14.7. The van der Waals surface area contributed by atoms with Crippen molar-refractivity contribution in [3.63, 3.8) is 0 Å². The number of benzene rings is 2. The number of allylic oxidation sites excluding steroid dienone is 1. The molecule has 1 saturated heterocycles. The van der Waals surface area contributed by atoms with Gasteiger partial charge < -0.3 is 4.74 Å². The fraction of sp³-hybridized carbons (Fsp3) is 0.167. The summed E-state index contributed by atoms with van der Waals surface area (Å²) in [6.07, 6.45) is 3.72. The van der Waals surface area contributed by atoms with E-state index in [1.165, 1.54) is 0 Å². The maximum atomic E-state index is 12.0. The molecule has 112 valence electrons. The highest BCUT2D eigenvalue weighted by molar-refractivity contribution is 8.00. The summed E-state index contributed by atoms with van der Waals surface area (Å²) in [6.45, 7) is 0. The number of halogens is 1. The Bertz CT molecular complexity index is 673. The number of ether oxygens (including phenoxy) is 1. The van der Waals surface area contributed by atoms with Crippen molar-refractivity contribution in [2.45, 2.75) is 6.10 Å². The van der Waals surface area contributed by atoms with Crippen molar-refractivity contribution in [2.75, 3.05) is 11.5 Å². The smallest absolute Gasteiger partial charge is 0.185 e. The largest absolute Gasteiger partial charge is 0.489 e. The molecule has 0 amide bonds. The zero-order valence-corrected chi connectivity index (χ0v) is 13.4. The second-order valence-corrected chi connectivity index (χ2v) is 6.56. The average Bonchev–Trinajstić information content (AvgIpc) is 2.50. The van der Waals surface area contributed by atoms with E-state index in [9.17, 15) is 4.79 Å². The van der Waals surface area contributed by atoms with Crippen LogP contribution in [0.15, 0.2) is 54.6 Å². The van der Waals surface area contributed by atoms with Crippen molar-refractivity contribution in [1.29, 1.82) is 0 Å². The topological polar surface area (TPSA) is 26.3 Å². The maximum Gasteiger partial charge on any atom is 0.185 e. The minimum Gasteiger partial charge on any atom is -0.489 e. The van der Waals surface area contributed by atoms with Crippen LogP contribution in [-0.4, -0.2) is 23.4 Å². The second kappa shape index (κ2) is 7.03. The number of hydrogen-bond acceptors (Lipinski definition) is 3. The molecular weight excluding hydrogens is 316 g/mol. The summed E-state index contributed by atoms with van der Waals surface area (Å²) in [5, 5.41) is 0.626. The normalized spacial score (nSPS) is 14.8. The molecule has 0 aromatic heterocycles. The van der Waals surface area contributed by atoms with Gasteiger partial charge in [0.2, 0.25) is 0 Å². The van der Waals surface area contributed by atoms with Crippen molar-refractivity contribution in [1.82, 2.24) is 0 Å². The lowest BCUT2D eigenvalue weighted by molar-refractivity contribution is 0.104. The zero-order valence-electron chi connectivity index (χ0n) is 11.9. The second-order valence-electron chi connectivity index (χ2n) is 5.05. The van der Waals surface area contributed by atoms with E-state index in [-0.39, 0.29) is 5.78 Å². The maximum absolute atomic E-state index is 12.0. The molecular formula is C18H15ClO2S. The molecule has 1 aliphatic rings. The van der Waals surface area contributed by atoms with Gasteiger partial charge in [-0.2, -0.15) is 11.8 Å². The van der Waals surface area contributed by atoms with Crippen LogP contribution in [-0.2, 0) is 0 Å². The lowest BCUT2D eigenvalue weighted by Gasteiger charge is -2.25. The molecule has 0 N–H and O–H groups in total. The van der Waals surface area contributed by atoms with Gasteiger partial charge in [-0.1, -0.05) is 29.8 Å². The summed E-state index contributed by atoms with van der Waals surface area (Å²) in [5.74, 6) is 2.98. The molecule has 22 heavy (non-hydrogen) atoms. The molecule has 0 atom stereocenters. The molecule has 2 aromatic carbocycles. The van der Waals surface area contributed by atoms with Crippen molar-refractivity contribution < 1.29 is 9.53 Å². The number of hydrogen-bond donors (Lipinski definition) is 0. The van der Waals surface area contributed by atoms with Gasteiger partial charge in [-0.3, -0.25) is 4.79 Å². The van der Waals surface area contributed by atoms with Crippen LogP contribution < -0.4 is 4.74 Å². The Balaban J connectivity index is 1.61. The van der Waals surface area contributed by atoms with E-state index in [2.05, 4.69) is 0 Å². The van der Waals surface area contributed by atoms with Crippen LogP contribution >= 0.6 is 23.4 Å². The van der Waals surface area contributed by atoms with Gasteiger partial charge in [-0.05, 0) is 48.0 Å². The zero-order chi connectivity index (χ0) is 15.4. The predicted octanol–water partition coefficient (Wildman–Crippen LogP) is 4.73. The third kappa shape index (κ3) is 3.93. The molecule has 1 fully saturated rings. The lowest BCUT2D eigenvalue weighted by atomic mass is 10.1. The third-order valence-electron chi connectivity index (χ3n) is 3.35. The summed E-state index contributed by atoms with van der Waals surface area (Å²) in [4.78, 5) is 12.0. The Morgan fingerprint density at radius 2 is 1.77 bits per heavy atom. The Labute approximate surface area is 139 Å². The van der Waals surface area contributed by atoms with Crippen LogP contribution in [0, 0.1) is 0 Å². The van der Waals surface area contributed by atoms with Crippen LogP contribution in [0.25, 0.3) is 6.08 Å². The van der Waals surface area contributed by atoms with Gasteiger partial charge in [0.15, 0.2) is 5.78 Å². The van der Waals surface area contributed by atoms with Gasteiger partial charge in [0.25, 0.3) is 0 Å².